The Balaban J connectivity index is 1.98. The number of nitrogens with zero attached hydrogens (tertiary/aromatic N) is 2. The second kappa shape index (κ2) is 43.8. The fourth-order valence-electron chi connectivity index (χ4n) is 11.4. The first-order valence-corrected chi connectivity index (χ1v) is 33.8. The normalized spacial score (nSPS) is 13.2. The lowest BCUT2D eigenvalue weighted by atomic mass is 9.93. The van der Waals surface area contributed by atoms with Crippen LogP contribution in [0.4, 0.5) is 0 Å². The van der Waals surface area contributed by atoms with Gasteiger partial charge in [-0.1, -0.05) is 263 Å². The van der Waals surface area contributed by atoms with Crippen molar-refractivity contribution in [3.8, 4) is 0 Å². The van der Waals surface area contributed by atoms with Crippen molar-refractivity contribution in [2.75, 3.05) is 47.0 Å². The van der Waals surface area contributed by atoms with Crippen LogP contribution in [0.1, 0.15) is 267 Å². The van der Waals surface area contributed by atoms with E-state index in [0.29, 0.717) is 19.3 Å². The van der Waals surface area contributed by atoms with Crippen molar-refractivity contribution < 1.29 is 28.3 Å². The lowest BCUT2D eigenvalue weighted by molar-refractivity contribution is -0.150. The SMILES string of the molecule is CCCCCCCCC(CCCCCC)C(=O)OCCCCCC(CCCCCO[Si](c1ccccc1)(c1ccccc1)C(C)(C)C)N(C)CCCCOC(=O)CN(C)C(=O)C(CCCCCC)CCCCCCCC. The molecule has 436 valence electrons. The second-order valence-electron chi connectivity index (χ2n) is 23.8. The molecule has 76 heavy (non-hydrogen) atoms. The molecular weight excluding hydrogens is 957 g/mol. The van der Waals surface area contributed by atoms with Gasteiger partial charge < -0.3 is 23.7 Å². The van der Waals surface area contributed by atoms with E-state index in [-0.39, 0.29) is 41.3 Å². The van der Waals surface area contributed by atoms with Gasteiger partial charge in [-0.15, -0.1) is 0 Å². The number of hydrogen-bond donors (Lipinski definition) is 0. The minimum absolute atomic E-state index is 0.00809. The molecule has 0 saturated heterocycles. The van der Waals surface area contributed by atoms with Crippen LogP contribution in [-0.4, -0.2) is 89.0 Å². The highest BCUT2D eigenvalue weighted by atomic mass is 28.4. The molecule has 1 amide bonds. The molecule has 0 bridgehead atoms. The molecule has 0 aliphatic carbocycles. The Bertz CT molecular complexity index is 1660. The number of amides is 1. The number of unbranched alkanes of at least 4 members (excludes halogenated alkanes) is 21. The smallest absolute Gasteiger partial charge is 0.325 e. The number of ether oxygens (including phenoxy) is 2. The molecule has 3 atom stereocenters. The van der Waals surface area contributed by atoms with E-state index in [2.05, 4.69) is 121 Å². The molecule has 0 saturated carbocycles. The van der Waals surface area contributed by atoms with E-state index < -0.39 is 8.32 Å². The number of esters is 2. The van der Waals surface area contributed by atoms with Crippen molar-refractivity contribution in [1.82, 2.24) is 9.80 Å². The third kappa shape index (κ3) is 29.3. The molecule has 0 spiro atoms. The third-order valence-corrected chi connectivity index (χ3v) is 21.2. The summed E-state index contributed by atoms with van der Waals surface area (Å²) in [7, 11) is 1.47. The number of rotatable bonds is 49. The van der Waals surface area contributed by atoms with Gasteiger partial charge in [0, 0.05) is 25.6 Å². The summed E-state index contributed by atoms with van der Waals surface area (Å²) in [6.45, 7) is 18.6. The quantitative estimate of drug-likeness (QED) is 0.0371. The average molecular weight is 1080 g/mol. The molecule has 0 aliphatic heterocycles. The van der Waals surface area contributed by atoms with E-state index in [1.165, 1.54) is 107 Å². The molecule has 3 unspecified atom stereocenters. The van der Waals surface area contributed by atoms with Crippen LogP contribution in [0, 0.1) is 11.8 Å². The first kappa shape index (κ1) is 69.1. The van der Waals surface area contributed by atoms with Crippen LogP contribution in [0.5, 0.6) is 0 Å². The largest absolute Gasteiger partial charge is 0.465 e. The highest BCUT2D eigenvalue weighted by molar-refractivity contribution is 6.99. The summed E-state index contributed by atoms with van der Waals surface area (Å²) < 4.78 is 19.0. The van der Waals surface area contributed by atoms with Gasteiger partial charge in [0.05, 0.1) is 19.1 Å². The predicted molar refractivity (Wildman–Crippen MR) is 326 cm³/mol. The monoisotopic (exact) mass is 1070 g/mol. The van der Waals surface area contributed by atoms with Gasteiger partial charge in [0.25, 0.3) is 8.32 Å². The number of carbonyl (C=O) groups excluding carboxylic acids is 3. The number of carbonyl (C=O) groups is 3. The summed E-state index contributed by atoms with van der Waals surface area (Å²) in [5, 5.41) is 2.62. The van der Waals surface area contributed by atoms with Gasteiger partial charge in [-0.2, -0.15) is 0 Å². The molecular formula is C67H118N2O6Si. The second-order valence-corrected chi connectivity index (χ2v) is 28.1. The van der Waals surface area contributed by atoms with Gasteiger partial charge in [0.1, 0.15) is 6.54 Å². The van der Waals surface area contributed by atoms with Gasteiger partial charge >= 0.3 is 11.9 Å². The third-order valence-electron chi connectivity index (χ3n) is 16.2. The van der Waals surface area contributed by atoms with Crippen molar-refractivity contribution in [2.24, 2.45) is 11.8 Å². The average Bonchev–Trinajstić information content (AvgIpc) is 3.41. The maximum Gasteiger partial charge on any atom is 0.325 e. The Morgan fingerprint density at radius 2 is 0.842 bits per heavy atom. The van der Waals surface area contributed by atoms with Crippen molar-refractivity contribution in [2.45, 2.75) is 278 Å². The summed E-state index contributed by atoms with van der Waals surface area (Å²) in [5.41, 5.74) is 0. The first-order chi connectivity index (χ1) is 36.9. The highest BCUT2D eigenvalue weighted by Gasteiger charge is 2.50. The molecule has 2 aromatic carbocycles. The molecule has 0 heterocycles. The predicted octanol–water partition coefficient (Wildman–Crippen LogP) is 17.0. The van der Waals surface area contributed by atoms with Crippen molar-refractivity contribution in [3.05, 3.63) is 60.7 Å². The van der Waals surface area contributed by atoms with E-state index >= 15 is 0 Å². The molecule has 2 rings (SSSR count). The van der Waals surface area contributed by atoms with E-state index in [9.17, 15) is 14.4 Å². The summed E-state index contributed by atoms with van der Waals surface area (Å²) in [5.74, 6) is -0.134. The Morgan fingerprint density at radius 1 is 0.461 bits per heavy atom. The minimum Gasteiger partial charge on any atom is -0.465 e. The minimum atomic E-state index is -2.57. The maximum atomic E-state index is 13.6. The summed E-state index contributed by atoms with van der Waals surface area (Å²) in [4.78, 5) is 44.2. The van der Waals surface area contributed by atoms with E-state index in [1.807, 2.05) is 0 Å². The highest BCUT2D eigenvalue weighted by Crippen LogP contribution is 2.37. The van der Waals surface area contributed by atoms with Crippen LogP contribution < -0.4 is 10.4 Å². The molecule has 0 aliphatic rings. The Labute approximate surface area is 469 Å². The molecule has 9 heteroatoms. The van der Waals surface area contributed by atoms with Gasteiger partial charge in [0.15, 0.2) is 0 Å². The van der Waals surface area contributed by atoms with Crippen molar-refractivity contribution in [3.63, 3.8) is 0 Å². The number of hydrogen-bond acceptors (Lipinski definition) is 7. The molecule has 0 fully saturated rings. The van der Waals surface area contributed by atoms with E-state index in [0.717, 1.165) is 135 Å². The van der Waals surface area contributed by atoms with E-state index in [4.69, 9.17) is 13.9 Å². The van der Waals surface area contributed by atoms with Crippen LogP contribution in [0.15, 0.2) is 60.7 Å². The Hall–Kier alpha value is -3.01. The van der Waals surface area contributed by atoms with E-state index in [1.54, 1.807) is 11.9 Å². The van der Waals surface area contributed by atoms with Crippen LogP contribution in [0.3, 0.4) is 0 Å². The lowest BCUT2D eigenvalue weighted by Gasteiger charge is -2.43. The first-order valence-electron chi connectivity index (χ1n) is 31.9. The topological polar surface area (TPSA) is 85.4 Å². The molecule has 2 aromatic rings. The van der Waals surface area contributed by atoms with Gasteiger partial charge in [-0.25, -0.2) is 0 Å². The van der Waals surface area contributed by atoms with Gasteiger partial charge in [-0.3, -0.25) is 14.4 Å². The zero-order valence-corrected chi connectivity index (χ0v) is 51.9. The van der Waals surface area contributed by atoms with Crippen LogP contribution in [-0.2, 0) is 28.3 Å². The van der Waals surface area contributed by atoms with Gasteiger partial charge in [0.2, 0.25) is 5.91 Å². The van der Waals surface area contributed by atoms with Crippen LogP contribution in [0.2, 0.25) is 5.04 Å². The summed E-state index contributed by atoms with van der Waals surface area (Å²) in [6.07, 6.45) is 38.2. The Morgan fingerprint density at radius 3 is 1.32 bits per heavy atom. The lowest BCUT2D eigenvalue weighted by Crippen LogP contribution is -2.66. The zero-order chi connectivity index (χ0) is 55.5. The van der Waals surface area contributed by atoms with Crippen molar-refractivity contribution in [1.29, 1.82) is 0 Å². The number of likely N-dealkylation sites (N-methyl/N-ethyl adjacent to an activating group) is 1. The molecule has 0 radical (unpaired) electrons. The Kier molecular flexibility index (Phi) is 39.8. The summed E-state index contributed by atoms with van der Waals surface area (Å²) >= 11 is 0. The van der Waals surface area contributed by atoms with Crippen LogP contribution in [0.25, 0.3) is 0 Å². The number of benzene rings is 2. The maximum absolute atomic E-state index is 13.6. The van der Waals surface area contributed by atoms with Crippen LogP contribution >= 0.6 is 0 Å². The zero-order valence-electron chi connectivity index (χ0n) is 50.9. The van der Waals surface area contributed by atoms with Gasteiger partial charge in [-0.05, 0) is 93.2 Å². The fraction of sp³-hybridized carbons (Fsp3) is 0.776. The summed E-state index contributed by atoms with van der Waals surface area (Å²) in [6, 6.07) is 22.3. The standard InChI is InChI=1S/C67H118N2O6Si/c1-10-14-18-22-24-32-45-59(44-30-20-16-12-3)65(71)69(9)58-64(70)73-55-43-40-54-68(8)61(48-34-28-41-56-74-66(72)60(46-31-21-17-13-4)47-33-25-23-19-15-11-2)49-35-29-42-57-75-76(67(5,6)7,62-50-36-26-37-51-62)63-52-38-27-39-53-63/h26-27,36-39,50-53,59-61H,10-25,28-35,40-49,54-58H2,1-9H3. The van der Waals surface area contributed by atoms with Crippen molar-refractivity contribution >= 4 is 36.5 Å². The fourth-order valence-corrected chi connectivity index (χ4v) is 16.0. The molecule has 0 aromatic heterocycles. The molecule has 0 N–H and O–H groups in total. The molecule has 8 nitrogen and oxygen atoms in total.